The number of methoxy groups -OCH3 is 2. The number of hydrogen-bond acceptors (Lipinski definition) is 6. The molecule has 9 nitrogen and oxygen atoms in total. The third-order valence-electron chi connectivity index (χ3n) is 6.13. The van der Waals surface area contributed by atoms with E-state index in [0.29, 0.717) is 46.3 Å². The monoisotopic (exact) mass is 483 g/mol. The van der Waals surface area contributed by atoms with Crippen LogP contribution in [0.4, 0.5) is 0 Å². The summed E-state index contributed by atoms with van der Waals surface area (Å²) in [5.41, 5.74) is 2.21. The van der Waals surface area contributed by atoms with E-state index in [1.165, 1.54) is 10.7 Å². The summed E-state index contributed by atoms with van der Waals surface area (Å²) < 4.78 is 15.4. The van der Waals surface area contributed by atoms with Crippen molar-refractivity contribution >= 4 is 10.9 Å². The van der Waals surface area contributed by atoms with E-state index in [2.05, 4.69) is 9.97 Å². The number of aromatic nitrogens is 5. The van der Waals surface area contributed by atoms with Crippen molar-refractivity contribution in [3.63, 3.8) is 0 Å². The summed E-state index contributed by atoms with van der Waals surface area (Å²) in [7, 11) is 3.10. The topological polar surface area (TPSA) is 93.2 Å². The third kappa shape index (κ3) is 4.15. The Labute approximate surface area is 206 Å². The molecule has 5 aromatic rings. The molecule has 0 N–H and O–H groups in total. The molecule has 1 aromatic carbocycles. The van der Waals surface area contributed by atoms with E-state index in [1.54, 1.807) is 54.8 Å². The van der Waals surface area contributed by atoms with Gasteiger partial charge in [-0.3, -0.25) is 14.3 Å². The number of ether oxygens (including phenoxy) is 2. The molecule has 36 heavy (non-hydrogen) atoms. The number of aryl methyl sites for hydroxylation is 1. The second-order valence-electron chi connectivity index (χ2n) is 8.30. The first-order valence-electron chi connectivity index (χ1n) is 11.4. The molecule has 182 valence electrons. The molecular weight excluding hydrogens is 458 g/mol. The van der Waals surface area contributed by atoms with Crippen molar-refractivity contribution in [1.82, 2.24) is 23.9 Å². The summed E-state index contributed by atoms with van der Waals surface area (Å²) >= 11 is 0. The highest BCUT2D eigenvalue weighted by Crippen LogP contribution is 2.21. The van der Waals surface area contributed by atoms with Crippen molar-refractivity contribution in [3.05, 3.63) is 111 Å². The van der Waals surface area contributed by atoms with Crippen LogP contribution in [0.3, 0.4) is 0 Å². The molecule has 0 amide bonds. The van der Waals surface area contributed by atoms with E-state index in [9.17, 15) is 9.59 Å². The lowest BCUT2D eigenvalue weighted by atomic mass is 10.2. The normalized spacial score (nSPS) is 11.1. The Kier molecular flexibility index (Phi) is 6.12. The zero-order valence-corrected chi connectivity index (χ0v) is 20.2. The molecule has 0 aliphatic heterocycles. The molecule has 0 spiro atoms. The fraction of sp³-hybridized carbons (Fsp3) is 0.185. The molecule has 0 unspecified atom stereocenters. The summed E-state index contributed by atoms with van der Waals surface area (Å²) in [5.74, 6) is 1.43. The lowest BCUT2D eigenvalue weighted by Gasteiger charge is -2.14. The molecule has 0 saturated heterocycles. The van der Waals surface area contributed by atoms with Crippen LogP contribution < -0.4 is 20.6 Å². The number of fused-ring (bicyclic) bond motifs is 1. The summed E-state index contributed by atoms with van der Waals surface area (Å²) in [4.78, 5) is 36.1. The van der Waals surface area contributed by atoms with Crippen LogP contribution in [0, 0.1) is 6.92 Å². The van der Waals surface area contributed by atoms with Crippen LogP contribution in [0.25, 0.3) is 16.7 Å². The highest BCUT2D eigenvalue weighted by atomic mass is 16.5. The predicted molar refractivity (Wildman–Crippen MR) is 136 cm³/mol. The summed E-state index contributed by atoms with van der Waals surface area (Å²) in [6, 6.07) is 20.1. The molecule has 0 aliphatic rings. The molecule has 4 heterocycles. The lowest BCUT2D eigenvalue weighted by Crippen LogP contribution is -2.24. The van der Waals surface area contributed by atoms with Gasteiger partial charge in [0.2, 0.25) is 5.88 Å². The zero-order valence-electron chi connectivity index (χ0n) is 20.2. The summed E-state index contributed by atoms with van der Waals surface area (Å²) in [6.45, 7) is 2.36. The first-order valence-corrected chi connectivity index (χ1v) is 11.4. The molecule has 9 heteroatoms. The van der Waals surface area contributed by atoms with Gasteiger partial charge in [-0.1, -0.05) is 36.4 Å². The van der Waals surface area contributed by atoms with E-state index >= 15 is 0 Å². The maximum absolute atomic E-state index is 13.9. The van der Waals surface area contributed by atoms with Gasteiger partial charge in [0.1, 0.15) is 5.75 Å². The van der Waals surface area contributed by atoms with Crippen molar-refractivity contribution < 1.29 is 9.47 Å². The first-order chi connectivity index (χ1) is 17.5. The Balaban J connectivity index is 1.75. The average Bonchev–Trinajstić information content (AvgIpc) is 3.17. The highest BCUT2D eigenvalue weighted by Gasteiger charge is 2.21. The van der Waals surface area contributed by atoms with E-state index in [1.807, 2.05) is 42.5 Å². The van der Waals surface area contributed by atoms with Crippen LogP contribution in [-0.4, -0.2) is 38.1 Å². The minimum atomic E-state index is -0.272. The Bertz CT molecular complexity index is 1670. The fourth-order valence-corrected chi connectivity index (χ4v) is 4.34. The van der Waals surface area contributed by atoms with E-state index < -0.39 is 0 Å². The molecular formula is C27H25N5O4. The molecule has 5 rings (SSSR count). The third-order valence-corrected chi connectivity index (χ3v) is 6.13. The highest BCUT2D eigenvalue weighted by molar-refractivity contribution is 5.81. The van der Waals surface area contributed by atoms with Gasteiger partial charge in [0, 0.05) is 30.1 Å². The van der Waals surface area contributed by atoms with Gasteiger partial charge in [-0.15, -0.1) is 0 Å². The quantitative estimate of drug-likeness (QED) is 0.353. The number of pyridine rings is 3. The van der Waals surface area contributed by atoms with Gasteiger partial charge in [-0.2, -0.15) is 4.68 Å². The number of benzene rings is 1. The molecule has 0 bridgehead atoms. The minimum absolute atomic E-state index is 0.207. The van der Waals surface area contributed by atoms with Crippen molar-refractivity contribution in [2.75, 3.05) is 14.2 Å². The fourth-order valence-electron chi connectivity index (χ4n) is 4.34. The van der Waals surface area contributed by atoms with Crippen molar-refractivity contribution in [2.45, 2.75) is 20.0 Å². The van der Waals surface area contributed by atoms with Gasteiger partial charge in [-0.25, -0.2) is 9.97 Å². The van der Waals surface area contributed by atoms with Crippen LogP contribution in [0.1, 0.15) is 17.0 Å². The molecule has 4 aromatic heterocycles. The molecule has 0 aliphatic carbocycles. The Morgan fingerprint density at radius 2 is 1.69 bits per heavy atom. The SMILES string of the molecule is COc1ccnc(-n2c(=O)c3c(C)n(Cc4cccc(OC)n4)c(=O)cc3n2Cc2ccccc2)c1. The zero-order chi connectivity index (χ0) is 25.2. The van der Waals surface area contributed by atoms with Crippen LogP contribution in [0.2, 0.25) is 0 Å². The Morgan fingerprint density at radius 3 is 2.44 bits per heavy atom. The molecule has 0 fully saturated rings. The van der Waals surface area contributed by atoms with Crippen LogP contribution >= 0.6 is 0 Å². The Hall–Kier alpha value is -4.66. The average molecular weight is 484 g/mol. The number of rotatable bonds is 7. The Morgan fingerprint density at radius 1 is 0.889 bits per heavy atom. The number of nitrogens with zero attached hydrogens (tertiary/aromatic N) is 5. The lowest BCUT2D eigenvalue weighted by molar-refractivity contribution is 0.395. The van der Waals surface area contributed by atoms with E-state index in [-0.39, 0.29) is 17.7 Å². The molecule has 0 atom stereocenters. The predicted octanol–water partition coefficient (Wildman–Crippen LogP) is 3.17. The van der Waals surface area contributed by atoms with Gasteiger partial charge in [0.25, 0.3) is 11.1 Å². The van der Waals surface area contributed by atoms with Crippen molar-refractivity contribution in [1.29, 1.82) is 0 Å². The second kappa shape index (κ2) is 9.53. The van der Waals surface area contributed by atoms with Crippen LogP contribution in [0.5, 0.6) is 11.6 Å². The maximum atomic E-state index is 13.9. The van der Waals surface area contributed by atoms with Crippen LogP contribution in [0.15, 0.2) is 82.5 Å². The maximum Gasteiger partial charge on any atom is 0.282 e. The molecule has 0 saturated carbocycles. The summed E-state index contributed by atoms with van der Waals surface area (Å²) in [5, 5.41) is 0.443. The summed E-state index contributed by atoms with van der Waals surface area (Å²) in [6.07, 6.45) is 1.59. The van der Waals surface area contributed by atoms with Crippen molar-refractivity contribution in [3.8, 4) is 17.4 Å². The smallest absolute Gasteiger partial charge is 0.282 e. The van der Waals surface area contributed by atoms with Gasteiger partial charge in [0.05, 0.1) is 43.9 Å². The van der Waals surface area contributed by atoms with E-state index in [4.69, 9.17) is 9.47 Å². The van der Waals surface area contributed by atoms with Gasteiger partial charge < -0.3 is 14.0 Å². The van der Waals surface area contributed by atoms with Gasteiger partial charge >= 0.3 is 0 Å². The number of hydrogen-bond donors (Lipinski definition) is 0. The largest absolute Gasteiger partial charge is 0.497 e. The first kappa shape index (κ1) is 23.1. The van der Waals surface area contributed by atoms with Crippen LogP contribution in [-0.2, 0) is 13.1 Å². The van der Waals surface area contributed by atoms with E-state index in [0.717, 1.165) is 5.56 Å². The second-order valence-corrected chi connectivity index (χ2v) is 8.30. The van der Waals surface area contributed by atoms with Crippen molar-refractivity contribution in [2.24, 2.45) is 0 Å². The molecule has 0 radical (unpaired) electrons. The van der Waals surface area contributed by atoms with Gasteiger partial charge in [0.15, 0.2) is 5.82 Å². The van der Waals surface area contributed by atoms with Gasteiger partial charge in [-0.05, 0) is 24.6 Å². The minimum Gasteiger partial charge on any atom is -0.497 e. The standard InChI is InChI=1S/C27H25N5O4/c1-18-26-22(15-25(33)30(18)17-20-10-7-11-24(29-20)36-3)31(16-19-8-5-4-6-9-19)32(27(26)34)23-14-21(35-2)12-13-28-23/h4-15H,16-17H2,1-3H3.